The monoisotopic (exact) mass is 277 g/mol. The molecule has 0 aromatic heterocycles. The second-order valence-electron chi connectivity index (χ2n) is 5.56. The molecule has 1 amide bonds. The number of nitrogens with two attached hydrogens (primary N) is 1. The number of phenolic OH excluding ortho intramolecular Hbond substituents is 1. The molecule has 1 aromatic rings. The van der Waals surface area contributed by atoms with Crippen LogP contribution in [0.4, 0.5) is 5.69 Å². The Labute approximate surface area is 119 Å². The zero-order chi connectivity index (χ0) is 14.5. The Kier molecular flexibility index (Phi) is 4.84. The number of carbonyl (C=O) groups is 1. The number of amides is 1. The highest BCUT2D eigenvalue weighted by atomic mass is 16.3. The molecule has 1 aliphatic heterocycles. The van der Waals surface area contributed by atoms with E-state index in [4.69, 9.17) is 5.73 Å². The maximum atomic E-state index is 11.9. The third-order valence-corrected chi connectivity index (χ3v) is 3.97. The molecule has 1 fully saturated rings. The summed E-state index contributed by atoms with van der Waals surface area (Å²) in [5, 5.41) is 12.4. The van der Waals surface area contributed by atoms with E-state index in [0.29, 0.717) is 18.0 Å². The minimum atomic E-state index is -0.159. The molecule has 1 aliphatic rings. The van der Waals surface area contributed by atoms with Crippen LogP contribution in [-0.4, -0.2) is 42.6 Å². The Hall–Kier alpha value is -1.75. The Morgan fingerprint density at radius 3 is 2.80 bits per heavy atom. The van der Waals surface area contributed by atoms with Crippen LogP contribution in [-0.2, 0) is 0 Å². The van der Waals surface area contributed by atoms with Gasteiger partial charge < -0.3 is 21.1 Å². The molecule has 20 heavy (non-hydrogen) atoms. The zero-order valence-corrected chi connectivity index (χ0v) is 11.9. The van der Waals surface area contributed by atoms with E-state index in [2.05, 4.69) is 17.3 Å². The fourth-order valence-electron chi connectivity index (χ4n) is 2.53. The number of aromatic hydroxyl groups is 1. The van der Waals surface area contributed by atoms with Crippen molar-refractivity contribution in [2.24, 2.45) is 5.92 Å². The number of nitrogen functional groups attached to an aromatic ring is 1. The van der Waals surface area contributed by atoms with Crippen LogP contribution in [0, 0.1) is 5.92 Å². The third kappa shape index (κ3) is 3.87. The number of piperidine rings is 1. The van der Waals surface area contributed by atoms with Crippen molar-refractivity contribution in [1.29, 1.82) is 0 Å². The summed E-state index contributed by atoms with van der Waals surface area (Å²) in [5.41, 5.74) is 6.24. The van der Waals surface area contributed by atoms with E-state index in [1.54, 1.807) is 12.1 Å². The molecule has 0 atom stereocenters. The first kappa shape index (κ1) is 14.7. The van der Waals surface area contributed by atoms with Crippen LogP contribution in [0.1, 0.15) is 29.6 Å². The normalized spacial score (nSPS) is 17.1. The average Bonchev–Trinajstić information content (AvgIpc) is 2.44. The van der Waals surface area contributed by atoms with Crippen molar-refractivity contribution in [3.63, 3.8) is 0 Å². The van der Waals surface area contributed by atoms with E-state index in [1.807, 2.05) is 0 Å². The van der Waals surface area contributed by atoms with Gasteiger partial charge in [0.1, 0.15) is 5.75 Å². The van der Waals surface area contributed by atoms with Crippen LogP contribution < -0.4 is 11.1 Å². The van der Waals surface area contributed by atoms with Gasteiger partial charge in [0.25, 0.3) is 5.91 Å². The van der Waals surface area contributed by atoms with Crippen molar-refractivity contribution < 1.29 is 9.90 Å². The maximum absolute atomic E-state index is 11.9. The number of nitrogens with zero attached hydrogens (tertiary/aromatic N) is 1. The molecule has 5 heteroatoms. The highest BCUT2D eigenvalue weighted by Crippen LogP contribution is 2.21. The van der Waals surface area contributed by atoms with E-state index < -0.39 is 0 Å². The summed E-state index contributed by atoms with van der Waals surface area (Å²) in [6.07, 6.45) is 3.42. The van der Waals surface area contributed by atoms with Crippen LogP contribution >= 0.6 is 0 Å². The molecule has 0 spiro atoms. The fourth-order valence-corrected chi connectivity index (χ4v) is 2.53. The van der Waals surface area contributed by atoms with Crippen molar-refractivity contribution in [3.05, 3.63) is 23.8 Å². The summed E-state index contributed by atoms with van der Waals surface area (Å²) in [6.45, 7) is 2.97. The van der Waals surface area contributed by atoms with Crippen molar-refractivity contribution in [1.82, 2.24) is 10.2 Å². The Balaban J connectivity index is 1.76. The number of phenols is 1. The zero-order valence-electron chi connectivity index (χ0n) is 11.9. The van der Waals surface area contributed by atoms with E-state index >= 15 is 0 Å². The summed E-state index contributed by atoms with van der Waals surface area (Å²) in [7, 11) is 2.14. The lowest BCUT2D eigenvalue weighted by molar-refractivity contribution is 0.0948. The fraction of sp³-hybridized carbons (Fsp3) is 0.533. The summed E-state index contributed by atoms with van der Waals surface area (Å²) < 4.78 is 0. The molecular weight excluding hydrogens is 254 g/mol. The Morgan fingerprint density at radius 1 is 1.45 bits per heavy atom. The second-order valence-corrected chi connectivity index (χ2v) is 5.56. The number of rotatable bonds is 4. The SMILES string of the molecule is CN1CCC(CCNC(=O)c2ccc(N)c(O)c2)CC1. The molecule has 0 aliphatic carbocycles. The lowest BCUT2D eigenvalue weighted by Crippen LogP contribution is -2.32. The van der Waals surface area contributed by atoms with Crippen LogP contribution in [0.15, 0.2) is 18.2 Å². The summed E-state index contributed by atoms with van der Waals surface area (Å²) >= 11 is 0. The number of likely N-dealkylation sites (tertiary alicyclic amines) is 1. The van der Waals surface area contributed by atoms with E-state index in [0.717, 1.165) is 19.5 Å². The van der Waals surface area contributed by atoms with Gasteiger partial charge in [0, 0.05) is 12.1 Å². The summed E-state index contributed by atoms with van der Waals surface area (Å²) in [4.78, 5) is 14.3. The van der Waals surface area contributed by atoms with Crippen LogP contribution in [0.5, 0.6) is 5.75 Å². The molecule has 5 nitrogen and oxygen atoms in total. The lowest BCUT2D eigenvalue weighted by Gasteiger charge is -2.28. The number of nitrogens with one attached hydrogen (secondary N) is 1. The van der Waals surface area contributed by atoms with Gasteiger partial charge in [-0.15, -0.1) is 0 Å². The molecule has 0 saturated carbocycles. The van der Waals surface area contributed by atoms with Crippen molar-refractivity contribution >= 4 is 11.6 Å². The predicted octanol–water partition coefficient (Wildman–Crippen LogP) is 1.44. The first-order chi connectivity index (χ1) is 9.56. The molecule has 2 rings (SSSR count). The van der Waals surface area contributed by atoms with Crippen LogP contribution in [0.3, 0.4) is 0 Å². The third-order valence-electron chi connectivity index (χ3n) is 3.97. The Bertz CT molecular complexity index is 468. The molecule has 4 N–H and O–H groups in total. The smallest absolute Gasteiger partial charge is 0.251 e. The van der Waals surface area contributed by atoms with Gasteiger partial charge in [-0.2, -0.15) is 0 Å². The molecular formula is C15H23N3O2. The average molecular weight is 277 g/mol. The Morgan fingerprint density at radius 2 is 2.15 bits per heavy atom. The van der Waals surface area contributed by atoms with E-state index in [-0.39, 0.29) is 17.3 Å². The summed E-state index contributed by atoms with van der Waals surface area (Å²) in [5.74, 6) is 0.493. The molecule has 0 radical (unpaired) electrons. The molecule has 1 aromatic carbocycles. The van der Waals surface area contributed by atoms with Crippen LogP contribution in [0.2, 0.25) is 0 Å². The maximum Gasteiger partial charge on any atom is 0.251 e. The predicted molar refractivity (Wildman–Crippen MR) is 79.7 cm³/mol. The van der Waals surface area contributed by atoms with Gasteiger partial charge in [-0.3, -0.25) is 4.79 Å². The van der Waals surface area contributed by atoms with Gasteiger partial charge in [-0.05, 0) is 63.5 Å². The van der Waals surface area contributed by atoms with E-state index in [9.17, 15) is 9.90 Å². The number of carbonyl (C=O) groups excluding carboxylic acids is 1. The van der Waals surface area contributed by atoms with E-state index in [1.165, 1.54) is 18.9 Å². The van der Waals surface area contributed by atoms with Gasteiger partial charge in [-0.25, -0.2) is 0 Å². The largest absolute Gasteiger partial charge is 0.506 e. The first-order valence-corrected chi connectivity index (χ1v) is 7.11. The molecule has 1 heterocycles. The quantitative estimate of drug-likeness (QED) is 0.575. The molecule has 0 bridgehead atoms. The van der Waals surface area contributed by atoms with Gasteiger partial charge in [0.2, 0.25) is 0 Å². The van der Waals surface area contributed by atoms with Gasteiger partial charge in [0.15, 0.2) is 0 Å². The summed E-state index contributed by atoms with van der Waals surface area (Å²) in [6, 6.07) is 4.57. The minimum absolute atomic E-state index is 0.0482. The van der Waals surface area contributed by atoms with Gasteiger partial charge in [-0.1, -0.05) is 0 Å². The van der Waals surface area contributed by atoms with Gasteiger partial charge in [0.05, 0.1) is 5.69 Å². The number of benzene rings is 1. The van der Waals surface area contributed by atoms with Crippen molar-refractivity contribution in [2.45, 2.75) is 19.3 Å². The van der Waals surface area contributed by atoms with Crippen molar-refractivity contribution in [3.8, 4) is 5.75 Å². The standard InChI is InChI=1S/C15H23N3O2/c1-18-8-5-11(6-9-18)4-7-17-15(20)12-2-3-13(16)14(19)10-12/h2-3,10-11,19H,4-9,16H2,1H3,(H,17,20). The number of hydrogen-bond acceptors (Lipinski definition) is 4. The van der Waals surface area contributed by atoms with Crippen LogP contribution in [0.25, 0.3) is 0 Å². The lowest BCUT2D eigenvalue weighted by atomic mass is 9.94. The number of hydrogen-bond donors (Lipinski definition) is 3. The highest BCUT2D eigenvalue weighted by molar-refractivity contribution is 5.95. The highest BCUT2D eigenvalue weighted by Gasteiger charge is 2.16. The second kappa shape index (κ2) is 6.61. The first-order valence-electron chi connectivity index (χ1n) is 7.11. The molecule has 1 saturated heterocycles. The topological polar surface area (TPSA) is 78.6 Å². The molecule has 0 unspecified atom stereocenters. The number of anilines is 1. The van der Waals surface area contributed by atoms with Gasteiger partial charge >= 0.3 is 0 Å². The minimum Gasteiger partial charge on any atom is -0.506 e. The van der Waals surface area contributed by atoms with Crippen molar-refractivity contribution in [2.75, 3.05) is 32.4 Å². The molecule has 110 valence electrons.